The topological polar surface area (TPSA) is 12.0 Å². The maximum atomic E-state index is 5.60. The number of hydrogen-bond acceptors (Lipinski definition) is 1. The first-order valence-electron chi connectivity index (χ1n) is 4.33. The van der Waals surface area contributed by atoms with Crippen LogP contribution < -0.4 is 10.8 Å². The van der Waals surface area contributed by atoms with Gasteiger partial charge in [-0.1, -0.05) is 41.9 Å². The van der Waals surface area contributed by atoms with E-state index in [2.05, 4.69) is 23.5 Å². The van der Waals surface area contributed by atoms with Crippen LogP contribution in [0.3, 0.4) is 0 Å². The van der Waals surface area contributed by atoms with E-state index in [9.17, 15) is 0 Å². The number of allylic oxidation sites excluding steroid dienone is 2. The van der Waals surface area contributed by atoms with Crippen LogP contribution in [-0.2, 0) is 0 Å². The van der Waals surface area contributed by atoms with E-state index < -0.39 is 0 Å². The van der Waals surface area contributed by atoms with Crippen LogP contribution in [0.2, 0.25) is 0 Å². The zero-order valence-electron chi connectivity index (χ0n) is 7.33. The van der Waals surface area contributed by atoms with Crippen molar-refractivity contribution in [2.24, 2.45) is 0 Å². The lowest BCUT2D eigenvalue weighted by atomic mass is 9.94. The molecule has 0 saturated carbocycles. The Kier molecular flexibility index (Phi) is 2.22. The van der Waals surface area contributed by atoms with Crippen molar-refractivity contribution in [2.45, 2.75) is 0 Å². The summed E-state index contributed by atoms with van der Waals surface area (Å²) in [6, 6.07) is 7.87. The highest BCUT2D eigenvalue weighted by Crippen LogP contribution is 2.11. The fourth-order valence-electron chi connectivity index (χ4n) is 1.32. The minimum atomic E-state index is 0.802. The lowest BCUT2D eigenvalue weighted by Gasteiger charge is -2.12. The standard InChI is InChI=1S/C11H10BN/c12-10-6-4-9(5-7-10)11-3-1-2-8-13-11/h1-7,13H,8H2. The van der Waals surface area contributed by atoms with Gasteiger partial charge in [0.2, 0.25) is 0 Å². The molecule has 0 fully saturated rings. The third-order valence-corrected chi connectivity index (χ3v) is 2.03. The molecule has 0 aromatic heterocycles. The third kappa shape index (κ3) is 1.83. The summed E-state index contributed by atoms with van der Waals surface area (Å²) in [5, 5.41) is 3.29. The molecule has 1 aromatic rings. The second-order valence-corrected chi connectivity index (χ2v) is 3.01. The molecule has 0 bridgehead atoms. The van der Waals surface area contributed by atoms with Gasteiger partial charge in [-0.05, 0) is 11.6 Å². The van der Waals surface area contributed by atoms with Crippen LogP contribution in [0.5, 0.6) is 0 Å². The normalized spacial score (nSPS) is 14.9. The van der Waals surface area contributed by atoms with Gasteiger partial charge in [-0.3, -0.25) is 0 Å². The zero-order chi connectivity index (χ0) is 9.10. The summed E-state index contributed by atoms with van der Waals surface area (Å²) in [5.74, 6) is 0. The monoisotopic (exact) mass is 167 g/mol. The zero-order valence-corrected chi connectivity index (χ0v) is 7.33. The molecule has 0 atom stereocenters. The van der Waals surface area contributed by atoms with Crippen LogP contribution in [-0.4, -0.2) is 14.4 Å². The minimum absolute atomic E-state index is 0.802. The number of rotatable bonds is 1. The van der Waals surface area contributed by atoms with E-state index in [4.69, 9.17) is 7.85 Å². The molecule has 1 aromatic carbocycles. The van der Waals surface area contributed by atoms with Gasteiger partial charge in [0.1, 0.15) is 7.85 Å². The molecule has 1 aliphatic rings. The maximum Gasteiger partial charge on any atom is 0.113 e. The first-order valence-corrected chi connectivity index (χ1v) is 4.33. The summed E-state index contributed by atoms with van der Waals surface area (Å²) >= 11 is 0. The largest absolute Gasteiger partial charge is 0.381 e. The van der Waals surface area contributed by atoms with Crippen molar-refractivity contribution < 1.29 is 0 Å². The Morgan fingerprint density at radius 2 is 1.92 bits per heavy atom. The van der Waals surface area contributed by atoms with E-state index in [1.807, 2.05) is 24.3 Å². The average molecular weight is 167 g/mol. The molecule has 1 heterocycles. The fourth-order valence-corrected chi connectivity index (χ4v) is 1.32. The van der Waals surface area contributed by atoms with Gasteiger partial charge < -0.3 is 5.32 Å². The number of dihydropyridines is 1. The molecule has 2 rings (SSSR count). The molecule has 2 heteroatoms. The molecule has 1 nitrogen and oxygen atoms in total. The smallest absolute Gasteiger partial charge is 0.113 e. The highest BCUT2D eigenvalue weighted by atomic mass is 14.9. The Hall–Kier alpha value is -1.44. The van der Waals surface area contributed by atoms with E-state index in [0.29, 0.717) is 0 Å². The Morgan fingerprint density at radius 3 is 2.54 bits per heavy atom. The van der Waals surface area contributed by atoms with Crippen molar-refractivity contribution in [1.29, 1.82) is 0 Å². The average Bonchev–Trinajstić information content (AvgIpc) is 2.20. The molecule has 0 unspecified atom stereocenters. The van der Waals surface area contributed by atoms with Crippen LogP contribution in [0.1, 0.15) is 5.56 Å². The number of benzene rings is 1. The van der Waals surface area contributed by atoms with Gasteiger partial charge in [-0.25, -0.2) is 0 Å². The second-order valence-electron chi connectivity index (χ2n) is 3.01. The maximum absolute atomic E-state index is 5.60. The predicted octanol–water partition coefficient (Wildman–Crippen LogP) is 0.981. The highest BCUT2D eigenvalue weighted by molar-refractivity contribution is 6.32. The van der Waals surface area contributed by atoms with Crippen molar-refractivity contribution in [3.05, 3.63) is 48.1 Å². The first-order chi connectivity index (χ1) is 6.36. The van der Waals surface area contributed by atoms with Gasteiger partial charge in [0, 0.05) is 12.2 Å². The SMILES string of the molecule is [B]c1ccc(C2=CC=CCN2)cc1. The summed E-state index contributed by atoms with van der Waals surface area (Å²) < 4.78 is 0. The molecule has 0 amide bonds. The quantitative estimate of drug-likeness (QED) is 0.614. The van der Waals surface area contributed by atoms with E-state index >= 15 is 0 Å². The van der Waals surface area contributed by atoms with E-state index in [1.165, 1.54) is 5.56 Å². The van der Waals surface area contributed by atoms with Crippen molar-refractivity contribution in [3.8, 4) is 0 Å². The number of nitrogens with one attached hydrogen (secondary N) is 1. The number of hydrogen-bond donors (Lipinski definition) is 1. The van der Waals surface area contributed by atoms with Crippen LogP contribution in [0.4, 0.5) is 0 Å². The molecular formula is C11H10BN. The van der Waals surface area contributed by atoms with Gasteiger partial charge in [-0.2, -0.15) is 0 Å². The molecule has 2 radical (unpaired) electrons. The van der Waals surface area contributed by atoms with Crippen molar-refractivity contribution in [3.63, 3.8) is 0 Å². The molecule has 0 saturated heterocycles. The van der Waals surface area contributed by atoms with Gasteiger partial charge in [0.25, 0.3) is 0 Å². The van der Waals surface area contributed by atoms with Crippen molar-refractivity contribution in [1.82, 2.24) is 5.32 Å². The van der Waals surface area contributed by atoms with Crippen LogP contribution in [0.15, 0.2) is 42.5 Å². The Morgan fingerprint density at radius 1 is 1.15 bits per heavy atom. The molecule has 62 valence electrons. The summed E-state index contributed by atoms with van der Waals surface area (Å²) in [4.78, 5) is 0. The second kappa shape index (κ2) is 3.52. The molecule has 13 heavy (non-hydrogen) atoms. The van der Waals surface area contributed by atoms with Crippen LogP contribution in [0, 0.1) is 0 Å². The van der Waals surface area contributed by atoms with Gasteiger partial charge >= 0.3 is 0 Å². The fraction of sp³-hybridized carbons (Fsp3) is 0.0909. The van der Waals surface area contributed by atoms with Crippen LogP contribution in [0.25, 0.3) is 5.70 Å². The lowest BCUT2D eigenvalue weighted by Crippen LogP contribution is -2.14. The summed E-state index contributed by atoms with van der Waals surface area (Å²) in [5.41, 5.74) is 3.14. The lowest BCUT2D eigenvalue weighted by molar-refractivity contribution is 0.996. The first kappa shape index (κ1) is 8.18. The van der Waals surface area contributed by atoms with Crippen molar-refractivity contribution >= 4 is 19.0 Å². The Labute approximate surface area is 79.6 Å². The highest BCUT2D eigenvalue weighted by Gasteiger charge is 2.00. The molecule has 1 N–H and O–H groups in total. The third-order valence-electron chi connectivity index (χ3n) is 2.03. The summed E-state index contributed by atoms with van der Waals surface area (Å²) in [6.45, 7) is 0.899. The van der Waals surface area contributed by atoms with Gasteiger partial charge in [0.15, 0.2) is 0 Å². The minimum Gasteiger partial charge on any atom is -0.381 e. The molecule has 0 spiro atoms. The summed E-state index contributed by atoms with van der Waals surface area (Å²) in [7, 11) is 5.60. The molecular weight excluding hydrogens is 157 g/mol. The molecule has 1 aliphatic heterocycles. The van der Waals surface area contributed by atoms with E-state index in [0.717, 1.165) is 17.7 Å². The van der Waals surface area contributed by atoms with Gasteiger partial charge in [0.05, 0.1) is 0 Å². The van der Waals surface area contributed by atoms with E-state index in [-0.39, 0.29) is 0 Å². The van der Waals surface area contributed by atoms with Crippen molar-refractivity contribution in [2.75, 3.05) is 6.54 Å². The van der Waals surface area contributed by atoms with Gasteiger partial charge in [-0.15, -0.1) is 0 Å². The molecule has 0 aliphatic carbocycles. The summed E-state index contributed by atoms with van der Waals surface area (Å²) in [6.07, 6.45) is 6.21. The van der Waals surface area contributed by atoms with E-state index in [1.54, 1.807) is 0 Å². The Balaban J connectivity index is 2.30. The van der Waals surface area contributed by atoms with Crippen LogP contribution >= 0.6 is 0 Å². The Bertz CT molecular complexity index is 349. The predicted molar refractivity (Wildman–Crippen MR) is 56.9 cm³/mol.